The predicted octanol–water partition coefficient (Wildman–Crippen LogP) is -0.0188. The lowest BCUT2D eigenvalue weighted by atomic mass is 10.3. The van der Waals surface area contributed by atoms with Crippen LogP contribution >= 0.6 is 0 Å². The number of nitriles is 1. The maximum absolute atomic E-state index is 10.6. The summed E-state index contributed by atoms with van der Waals surface area (Å²) in [6.45, 7) is 2.82. The Kier molecular flexibility index (Phi) is 4.31. The van der Waals surface area contributed by atoms with Gasteiger partial charge >= 0.3 is 0 Å². The number of hydrogen-bond donors (Lipinski definition) is 1. The van der Waals surface area contributed by atoms with E-state index in [1.165, 1.54) is 13.8 Å². The molecule has 0 aliphatic rings. The Morgan fingerprint density at radius 3 is 2.50 bits per heavy atom. The van der Waals surface area contributed by atoms with Crippen molar-refractivity contribution in [1.82, 2.24) is 5.43 Å². The quantitative estimate of drug-likeness (QED) is 0.473. The van der Waals surface area contributed by atoms with Gasteiger partial charge < -0.3 is 0 Å². The van der Waals surface area contributed by atoms with Gasteiger partial charge in [-0.1, -0.05) is 0 Å². The second-order valence-electron chi connectivity index (χ2n) is 2.12. The Labute approximate surface area is 70.1 Å². The van der Waals surface area contributed by atoms with Gasteiger partial charge in [0.1, 0.15) is 12.1 Å². The number of nitrogens with zero attached hydrogens (tertiary/aromatic N) is 2. The molecule has 0 bridgehead atoms. The highest BCUT2D eigenvalue weighted by Gasteiger charge is 2.00. The average Bonchev–Trinajstić information content (AvgIpc) is 2.00. The SMILES string of the molecule is CC(=O)C(C)=NNC(=O)CC#N. The van der Waals surface area contributed by atoms with E-state index in [0.717, 1.165) is 0 Å². The average molecular weight is 167 g/mol. The summed E-state index contributed by atoms with van der Waals surface area (Å²) in [6.07, 6.45) is -0.255. The predicted molar refractivity (Wildman–Crippen MR) is 42.2 cm³/mol. The van der Waals surface area contributed by atoms with Crippen LogP contribution in [0.3, 0.4) is 0 Å². The third kappa shape index (κ3) is 4.17. The van der Waals surface area contributed by atoms with Crippen molar-refractivity contribution >= 4 is 17.4 Å². The number of carbonyl (C=O) groups excluding carboxylic acids is 2. The van der Waals surface area contributed by atoms with Gasteiger partial charge in [-0.05, 0) is 6.92 Å². The Balaban J connectivity index is 3.98. The van der Waals surface area contributed by atoms with Crippen molar-refractivity contribution in [3.05, 3.63) is 0 Å². The van der Waals surface area contributed by atoms with Crippen molar-refractivity contribution in [2.24, 2.45) is 5.10 Å². The highest BCUT2D eigenvalue weighted by atomic mass is 16.2. The lowest BCUT2D eigenvalue weighted by molar-refractivity contribution is -0.120. The molecule has 0 aliphatic carbocycles. The molecule has 0 aromatic carbocycles. The molecule has 5 heteroatoms. The highest BCUT2D eigenvalue weighted by Crippen LogP contribution is 1.79. The van der Waals surface area contributed by atoms with Crippen LogP contribution in [0.4, 0.5) is 0 Å². The summed E-state index contributed by atoms with van der Waals surface area (Å²) in [4.78, 5) is 21.2. The smallest absolute Gasteiger partial charge is 0.254 e. The minimum absolute atomic E-state index is 0.210. The molecule has 0 saturated carbocycles. The van der Waals surface area contributed by atoms with Gasteiger partial charge in [0.05, 0.1) is 6.07 Å². The van der Waals surface area contributed by atoms with Gasteiger partial charge in [0.15, 0.2) is 5.78 Å². The molecule has 0 radical (unpaired) electrons. The third-order valence-corrected chi connectivity index (χ3v) is 1.10. The Morgan fingerprint density at radius 2 is 2.08 bits per heavy atom. The lowest BCUT2D eigenvalue weighted by Gasteiger charge is -1.95. The largest absolute Gasteiger partial charge is 0.293 e. The van der Waals surface area contributed by atoms with Crippen LogP contribution in [0.15, 0.2) is 5.10 Å². The molecule has 1 N–H and O–H groups in total. The first-order chi connectivity index (χ1) is 5.57. The van der Waals surface area contributed by atoms with Crippen LogP contribution in [0.5, 0.6) is 0 Å². The summed E-state index contributed by atoms with van der Waals surface area (Å²) in [5, 5.41) is 11.5. The number of rotatable bonds is 3. The number of hydrazone groups is 1. The summed E-state index contributed by atoms with van der Waals surface area (Å²) in [5.41, 5.74) is 2.28. The zero-order chi connectivity index (χ0) is 9.56. The molecule has 0 heterocycles. The number of hydrogen-bond acceptors (Lipinski definition) is 4. The van der Waals surface area contributed by atoms with Crippen LogP contribution in [0.2, 0.25) is 0 Å². The van der Waals surface area contributed by atoms with E-state index in [-0.39, 0.29) is 17.9 Å². The van der Waals surface area contributed by atoms with E-state index in [1.807, 2.05) is 0 Å². The van der Waals surface area contributed by atoms with Crippen LogP contribution < -0.4 is 5.43 Å². The number of amides is 1. The van der Waals surface area contributed by atoms with Crippen molar-refractivity contribution in [3.63, 3.8) is 0 Å². The van der Waals surface area contributed by atoms with E-state index >= 15 is 0 Å². The minimum atomic E-state index is -0.516. The molecule has 0 aromatic rings. The highest BCUT2D eigenvalue weighted by molar-refractivity contribution is 6.38. The first-order valence-electron chi connectivity index (χ1n) is 3.29. The van der Waals surface area contributed by atoms with E-state index in [9.17, 15) is 9.59 Å². The van der Waals surface area contributed by atoms with Gasteiger partial charge in [0.25, 0.3) is 5.91 Å². The maximum Gasteiger partial charge on any atom is 0.254 e. The van der Waals surface area contributed by atoms with E-state index in [1.54, 1.807) is 6.07 Å². The van der Waals surface area contributed by atoms with Crippen molar-refractivity contribution in [2.75, 3.05) is 0 Å². The standard InChI is InChI=1S/C7H9N3O2/c1-5(6(2)11)9-10-7(12)3-4-8/h3H2,1-2H3,(H,10,12). The summed E-state index contributed by atoms with van der Waals surface area (Å²) in [7, 11) is 0. The lowest BCUT2D eigenvalue weighted by Crippen LogP contribution is -2.20. The van der Waals surface area contributed by atoms with E-state index in [4.69, 9.17) is 5.26 Å². The van der Waals surface area contributed by atoms with Gasteiger partial charge in [-0.25, -0.2) is 5.43 Å². The van der Waals surface area contributed by atoms with Gasteiger partial charge in [-0.15, -0.1) is 0 Å². The van der Waals surface area contributed by atoms with Gasteiger partial charge in [-0.2, -0.15) is 10.4 Å². The topological polar surface area (TPSA) is 82.3 Å². The van der Waals surface area contributed by atoms with Gasteiger partial charge in [-0.3, -0.25) is 9.59 Å². The number of Topliss-reactive ketones (excluding diaryl/α,β-unsaturated/α-hetero) is 1. The van der Waals surface area contributed by atoms with E-state index in [0.29, 0.717) is 0 Å². The van der Waals surface area contributed by atoms with Crippen LogP contribution in [0, 0.1) is 11.3 Å². The number of ketones is 1. The molecule has 1 amide bonds. The Hall–Kier alpha value is -1.70. The molecule has 0 unspecified atom stereocenters. The minimum Gasteiger partial charge on any atom is -0.293 e. The van der Waals surface area contributed by atoms with Gasteiger partial charge in [0.2, 0.25) is 0 Å². The molecular formula is C7H9N3O2. The van der Waals surface area contributed by atoms with Gasteiger partial charge in [0, 0.05) is 6.92 Å². The molecule has 0 aromatic heterocycles. The van der Waals surface area contributed by atoms with E-state index < -0.39 is 5.91 Å². The number of carbonyl (C=O) groups is 2. The van der Waals surface area contributed by atoms with E-state index in [2.05, 4.69) is 10.5 Å². The molecule has 0 aliphatic heterocycles. The molecular weight excluding hydrogens is 158 g/mol. The number of nitrogens with one attached hydrogen (secondary N) is 1. The molecule has 0 fully saturated rings. The fraction of sp³-hybridized carbons (Fsp3) is 0.429. The zero-order valence-corrected chi connectivity index (χ0v) is 6.92. The molecule has 0 rings (SSSR count). The normalized spacial score (nSPS) is 10.2. The van der Waals surface area contributed by atoms with Crippen LogP contribution in [-0.4, -0.2) is 17.4 Å². The molecule has 0 saturated heterocycles. The summed E-state index contributed by atoms with van der Waals surface area (Å²) in [6, 6.07) is 1.65. The summed E-state index contributed by atoms with van der Waals surface area (Å²) < 4.78 is 0. The van der Waals surface area contributed by atoms with Crippen molar-refractivity contribution in [2.45, 2.75) is 20.3 Å². The summed E-state index contributed by atoms with van der Waals surface area (Å²) in [5.74, 6) is -0.731. The Morgan fingerprint density at radius 1 is 1.50 bits per heavy atom. The Bertz CT molecular complexity index is 262. The van der Waals surface area contributed by atoms with Crippen LogP contribution in [0.25, 0.3) is 0 Å². The monoisotopic (exact) mass is 167 g/mol. The maximum atomic E-state index is 10.6. The molecule has 0 spiro atoms. The molecule has 0 atom stereocenters. The second-order valence-corrected chi connectivity index (χ2v) is 2.12. The van der Waals surface area contributed by atoms with Crippen molar-refractivity contribution < 1.29 is 9.59 Å². The third-order valence-electron chi connectivity index (χ3n) is 1.10. The first kappa shape index (κ1) is 10.3. The van der Waals surface area contributed by atoms with Crippen molar-refractivity contribution in [1.29, 1.82) is 5.26 Å². The molecule has 64 valence electrons. The summed E-state index contributed by atoms with van der Waals surface area (Å²) >= 11 is 0. The van der Waals surface area contributed by atoms with Crippen molar-refractivity contribution in [3.8, 4) is 6.07 Å². The molecule has 12 heavy (non-hydrogen) atoms. The fourth-order valence-electron chi connectivity index (χ4n) is 0.336. The van der Waals surface area contributed by atoms with Crippen LogP contribution in [-0.2, 0) is 9.59 Å². The first-order valence-corrected chi connectivity index (χ1v) is 3.29. The second kappa shape index (κ2) is 5.02. The molecule has 5 nitrogen and oxygen atoms in total. The zero-order valence-electron chi connectivity index (χ0n) is 6.92. The van der Waals surface area contributed by atoms with Crippen LogP contribution in [0.1, 0.15) is 20.3 Å². The fourth-order valence-corrected chi connectivity index (χ4v) is 0.336.